The summed E-state index contributed by atoms with van der Waals surface area (Å²) in [6.45, 7) is 14.5. The molecule has 0 radical (unpaired) electrons. The van der Waals surface area contributed by atoms with Crippen LogP contribution in [-0.4, -0.2) is 20.3 Å². The lowest BCUT2D eigenvalue weighted by atomic mass is 10.2. The average molecular weight is 197 g/mol. The Bertz CT molecular complexity index is 209. The highest BCUT2D eigenvalue weighted by molar-refractivity contribution is 6.76. The minimum Gasteiger partial charge on any atom is -0.290 e. The number of nitrogens with zero attached hydrogens (tertiary/aromatic N) is 1. The van der Waals surface area contributed by atoms with Gasteiger partial charge in [0.2, 0.25) is 0 Å². The van der Waals surface area contributed by atoms with E-state index in [1.807, 2.05) is 0 Å². The van der Waals surface area contributed by atoms with E-state index in [-0.39, 0.29) is 0 Å². The van der Waals surface area contributed by atoms with E-state index >= 15 is 0 Å². The van der Waals surface area contributed by atoms with Crippen molar-refractivity contribution in [1.29, 1.82) is 0 Å². The third-order valence-corrected chi connectivity index (χ3v) is 3.94. The van der Waals surface area contributed by atoms with Crippen LogP contribution < -0.4 is 0 Å². The maximum atomic E-state index is 4.56. The van der Waals surface area contributed by atoms with Crippen LogP contribution >= 0.6 is 0 Å². The van der Waals surface area contributed by atoms with Crippen LogP contribution in [0.3, 0.4) is 0 Å². The predicted octanol–water partition coefficient (Wildman–Crippen LogP) is 3.75. The number of hydrogen-bond acceptors (Lipinski definition) is 1. The van der Waals surface area contributed by atoms with Gasteiger partial charge >= 0.3 is 0 Å². The molecule has 0 amide bonds. The Morgan fingerprint density at radius 3 is 2.15 bits per heavy atom. The van der Waals surface area contributed by atoms with E-state index in [2.05, 4.69) is 51.5 Å². The molecule has 0 spiro atoms. The summed E-state index contributed by atoms with van der Waals surface area (Å²) in [5.74, 6) is 0. The van der Waals surface area contributed by atoms with Crippen molar-refractivity contribution in [3.63, 3.8) is 0 Å². The minimum atomic E-state index is -0.896. The highest BCUT2D eigenvalue weighted by Gasteiger charge is 2.11. The fourth-order valence-electron chi connectivity index (χ4n) is 0.893. The molecule has 0 aliphatic carbocycles. The zero-order valence-corrected chi connectivity index (χ0v) is 10.9. The van der Waals surface area contributed by atoms with Crippen molar-refractivity contribution in [3.8, 4) is 0 Å². The first-order chi connectivity index (χ1) is 5.87. The SMILES string of the molecule is CC=C(C)C(C)=NCC[Si](C)(C)C. The molecule has 0 fully saturated rings. The molecule has 0 rings (SSSR count). The topological polar surface area (TPSA) is 12.4 Å². The summed E-state index contributed by atoms with van der Waals surface area (Å²) in [4.78, 5) is 4.56. The quantitative estimate of drug-likeness (QED) is 0.481. The highest BCUT2D eigenvalue weighted by atomic mass is 28.3. The van der Waals surface area contributed by atoms with Crippen molar-refractivity contribution in [3.05, 3.63) is 11.6 Å². The third kappa shape index (κ3) is 6.76. The van der Waals surface area contributed by atoms with Crippen LogP contribution in [0.5, 0.6) is 0 Å². The summed E-state index contributed by atoms with van der Waals surface area (Å²) >= 11 is 0. The fraction of sp³-hybridized carbons (Fsp3) is 0.727. The Hall–Kier alpha value is -0.373. The van der Waals surface area contributed by atoms with E-state index in [1.165, 1.54) is 17.3 Å². The number of hydrogen-bond donors (Lipinski definition) is 0. The molecule has 0 aliphatic rings. The summed E-state index contributed by atoms with van der Waals surface area (Å²) in [5.41, 5.74) is 2.50. The van der Waals surface area contributed by atoms with Crippen LogP contribution in [0.15, 0.2) is 16.6 Å². The monoisotopic (exact) mass is 197 g/mol. The zero-order valence-electron chi connectivity index (χ0n) is 9.94. The van der Waals surface area contributed by atoms with Gasteiger partial charge in [0.25, 0.3) is 0 Å². The molecule has 0 aliphatic heterocycles. The van der Waals surface area contributed by atoms with Crippen molar-refractivity contribution in [2.45, 2.75) is 46.5 Å². The lowest BCUT2D eigenvalue weighted by Crippen LogP contribution is -2.20. The van der Waals surface area contributed by atoms with Gasteiger partial charge in [-0.15, -0.1) is 0 Å². The first-order valence-corrected chi connectivity index (χ1v) is 8.72. The van der Waals surface area contributed by atoms with Gasteiger partial charge < -0.3 is 0 Å². The fourth-order valence-corrected chi connectivity index (χ4v) is 1.68. The molecule has 0 aromatic carbocycles. The average Bonchev–Trinajstić information content (AvgIpc) is 2.00. The maximum Gasteiger partial charge on any atom is 0.0461 e. The summed E-state index contributed by atoms with van der Waals surface area (Å²) in [6.07, 6.45) is 2.12. The lowest BCUT2D eigenvalue weighted by molar-refractivity contribution is 1.08. The molecule has 1 nitrogen and oxygen atoms in total. The van der Waals surface area contributed by atoms with Gasteiger partial charge in [-0.2, -0.15) is 0 Å². The minimum absolute atomic E-state index is 0.896. The van der Waals surface area contributed by atoms with Crippen molar-refractivity contribution in [2.24, 2.45) is 4.99 Å². The van der Waals surface area contributed by atoms with Crippen LogP contribution in [-0.2, 0) is 0 Å². The molecular weight excluding hydrogens is 174 g/mol. The molecule has 0 atom stereocenters. The molecule has 2 heteroatoms. The number of allylic oxidation sites excluding steroid dienone is 2. The summed E-state index contributed by atoms with van der Waals surface area (Å²) in [7, 11) is -0.896. The zero-order chi connectivity index (χ0) is 10.5. The predicted molar refractivity (Wildman–Crippen MR) is 65.6 cm³/mol. The van der Waals surface area contributed by atoms with E-state index < -0.39 is 8.07 Å². The van der Waals surface area contributed by atoms with Gasteiger partial charge in [-0.25, -0.2) is 0 Å². The van der Waals surface area contributed by atoms with E-state index in [9.17, 15) is 0 Å². The molecule has 0 aromatic heterocycles. The standard InChI is InChI=1S/C11H23NSi/c1-7-10(2)11(3)12-8-9-13(4,5)6/h7H,8-9H2,1-6H3. The molecular formula is C11H23NSi. The molecule has 76 valence electrons. The second-order valence-electron chi connectivity index (χ2n) is 4.75. The Morgan fingerprint density at radius 1 is 1.23 bits per heavy atom. The number of aliphatic imine (C=N–C) groups is 1. The number of rotatable bonds is 4. The van der Waals surface area contributed by atoms with Gasteiger partial charge in [-0.3, -0.25) is 4.99 Å². The lowest BCUT2D eigenvalue weighted by Gasteiger charge is -2.13. The normalized spacial score (nSPS) is 14.9. The van der Waals surface area contributed by atoms with Crippen molar-refractivity contribution in [2.75, 3.05) is 6.54 Å². The van der Waals surface area contributed by atoms with Crippen LogP contribution in [0.25, 0.3) is 0 Å². The third-order valence-electron chi connectivity index (χ3n) is 2.21. The summed E-state index contributed by atoms with van der Waals surface area (Å²) < 4.78 is 0. The van der Waals surface area contributed by atoms with E-state index in [0.29, 0.717) is 0 Å². The molecule has 0 heterocycles. The molecule has 0 saturated carbocycles. The second kappa shape index (κ2) is 5.38. The van der Waals surface area contributed by atoms with Gasteiger partial charge in [0.1, 0.15) is 0 Å². The largest absolute Gasteiger partial charge is 0.290 e. The molecule has 0 bridgehead atoms. The highest BCUT2D eigenvalue weighted by Crippen LogP contribution is 2.08. The molecule has 0 unspecified atom stereocenters. The Kier molecular flexibility index (Phi) is 5.22. The second-order valence-corrected chi connectivity index (χ2v) is 10.4. The van der Waals surface area contributed by atoms with Gasteiger partial charge in [0.05, 0.1) is 0 Å². The molecule has 0 aromatic rings. The van der Waals surface area contributed by atoms with Crippen LogP contribution in [0.2, 0.25) is 25.7 Å². The van der Waals surface area contributed by atoms with Crippen LogP contribution in [0, 0.1) is 0 Å². The maximum absolute atomic E-state index is 4.56. The van der Waals surface area contributed by atoms with Crippen LogP contribution in [0.4, 0.5) is 0 Å². The van der Waals surface area contributed by atoms with E-state index in [4.69, 9.17) is 0 Å². The first kappa shape index (κ1) is 12.6. The van der Waals surface area contributed by atoms with Crippen molar-refractivity contribution >= 4 is 13.8 Å². The van der Waals surface area contributed by atoms with Crippen LogP contribution in [0.1, 0.15) is 20.8 Å². The van der Waals surface area contributed by atoms with Gasteiger partial charge in [0, 0.05) is 20.3 Å². The Labute approximate surface area is 84.0 Å². The molecule has 13 heavy (non-hydrogen) atoms. The van der Waals surface area contributed by atoms with Gasteiger partial charge in [-0.05, 0) is 32.4 Å². The van der Waals surface area contributed by atoms with Crippen molar-refractivity contribution < 1.29 is 0 Å². The van der Waals surface area contributed by atoms with E-state index in [0.717, 1.165) is 6.54 Å². The van der Waals surface area contributed by atoms with Gasteiger partial charge in [-0.1, -0.05) is 25.7 Å². The smallest absolute Gasteiger partial charge is 0.0461 e. The first-order valence-electron chi connectivity index (χ1n) is 5.01. The Balaban J connectivity index is 4.00. The van der Waals surface area contributed by atoms with Crippen molar-refractivity contribution in [1.82, 2.24) is 0 Å². The van der Waals surface area contributed by atoms with Gasteiger partial charge in [0.15, 0.2) is 0 Å². The van der Waals surface area contributed by atoms with E-state index in [1.54, 1.807) is 0 Å². The Morgan fingerprint density at radius 2 is 1.77 bits per heavy atom. The summed E-state index contributed by atoms with van der Waals surface area (Å²) in [5, 5.41) is 0. The molecule has 0 N–H and O–H groups in total. The summed E-state index contributed by atoms with van der Waals surface area (Å²) in [6, 6.07) is 1.29. The molecule has 0 saturated heterocycles.